The lowest BCUT2D eigenvalue weighted by Crippen LogP contribution is -2.42. The van der Waals surface area contributed by atoms with Crippen LogP contribution in [0.25, 0.3) is 0 Å². The topological polar surface area (TPSA) is 66.6 Å². The molecule has 0 spiro atoms. The predicted octanol–water partition coefficient (Wildman–Crippen LogP) is 2.01. The molecule has 2 N–H and O–H groups in total. The van der Waals surface area contributed by atoms with Gasteiger partial charge in [-0.1, -0.05) is 13.8 Å². The van der Waals surface area contributed by atoms with Crippen molar-refractivity contribution in [3.63, 3.8) is 0 Å². The standard InChI is InChI=1S/C15H27N3O2S/c1-5-17(6-2)11-12-18(13(3)4)21(19,20)15-9-7-14(16)8-10-15/h7-10,13H,5-6,11-12,16H2,1-4H3. The summed E-state index contributed by atoms with van der Waals surface area (Å²) in [4.78, 5) is 2.51. The zero-order valence-electron chi connectivity index (χ0n) is 13.4. The Balaban J connectivity index is 2.95. The summed E-state index contributed by atoms with van der Waals surface area (Å²) in [5, 5.41) is 0. The first kappa shape index (κ1) is 17.9. The summed E-state index contributed by atoms with van der Waals surface area (Å²) in [6.45, 7) is 11.0. The van der Waals surface area contributed by atoms with Crippen molar-refractivity contribution in [2.24, 2.45) is 0 Å². The molecule has 120 valence electrons. The van der Waals surface area contributed by atoms with Gasteiger partial charge in [-0.15, -0.1) is 0 Å². The zero-order valence-corrected chi connectivity index (χ0v) is 14.2. The maximum Gasteiger partial charge on any atom is 0.243 e. The summed E-state index contributed by atoms with van der Waals surface area (Å²) in [7, 11) is -3.48. The minimum Gasteiger partial charge on any atom is -0.399 e. The van der Waals surface area contributed by atoms with Gasteiger partial charge in [0.1, 0.15) is 0 Å². The highest BCUT2D eigenvalue weighted by Crippen LogP contribution is 2.19. The van der Waals surface area contributed by atoms with E-state index in [1.165, 1.54) is 0 Å². The third-order valence-corrected chi connectivity index (χ3v) is 5.68. The van der Waals surface area contributed by atoms with Crippen molar-refractivity contribution in [3.05, 3.63) is 24.3 Å². The number of anilines is 1. The summed E-state index contributed by atoms with van der Waals surface area (Å²) in [6.07, 6.45) is 0. The monoisotopic (exact) mass is 313 g/mol. The lowest BCUT2D eigenvalue weighted by Gasteiger charge is -2.28. The Morgan fingerprint density at radius 2 is 1.57 bits per heavy atom. The second-order valence-corrected chi connectivity index (χ2v) is 7.20. The van der Waals surface area contributed by atoms with Crippen LogP contribution in [0.2, 0.25) is 0 Å². The second kappa shape index (κ2) is 7.77. The third kappa shape index (κ3) is 4.69. The van der Waals surface area contributed by atoms with E-state index in [1.807, 2.05) is 13.8 Å². The molecule has 0 fully saturated rings. The Hall–Kier alpha value is -1.11. The minimum atomic E-state index is -3.48. The zero-order chi connectivity index (χ0) is 16.0. The van der Waals surface area contributed by atoms with Crippen LogP contribution in [0.15, 0.2) is 29.2 Å². The van der Waals surface area contributed by atoms with Crippen molar-refractivity contribution >= 4 is 15.7 Å². The van der Waals surface area contributed by atoms with Crippen molar-refractivity contribution in [2.75, 3.05) is 31.9 Å². The van der Waals surface area contributed by atoms with Crippen LogP contribution in [-0.4, -0.2) is 49.8 Å². The van der Waals surface area contributed by atoms with E-state index in [-0.39, 0.29) is 6.04 Å². The lowest BCUT2D eigenvalue weighted by molar-refractivity contribution is 0.255. The van der Waals surface area contributed by atoms with Gasteiger partial charge < -0.3 is 10.6 Å². The number of nitrogens with two attached hydrogens (primary N) is 1. The first-order valence-corrected chi connectivity index (χ1v) is 8.86. The molecule has 5 nitrogen and oxygen atoms in total. The second-order valence-electron chi connectivity index (χ2n) is 5.31. The minimum absolute atomic E-state index is 0.0804. The average Bonchev–Trinajstić information content (AvgIpc) is 2.43. The molecule has 1 aromatic carbocycles. The summed E-state index contributed by atoms with van der Waals surface area (Å²) in [6, 6.07) is 6.30. The number of benzene rings is 1. The van der Waals surface area contributed by atoms with Crippen LogP contribution in [0.4, 0.5) is 5.69 Å². The highest BCUT2D eigenvalue weighted by Gasteiger charge is 2.26. The Kier molecular flexibility index (Phi) is 6.64. The molecule has 0 aromatic heterocycles. The fraction of sp³-hybridized carbons (Fsp3) is 0.600. The number of hydrogen-bond acceptors (Lipinski definition) is 4. The van der Waals surface area contributed by atoms with Gasteiger partial charge in [0.05, 0.1) is 4.90 Å². The summed E-state index contributed by atoms with van der Waals surface area (Å²) in [5.41, 5.74) is 6.19. The molecule has 0 aliphatic heterocycles. The van der Waals surface area contributed by atoms with Crippen LogP contribution in [0, 0.1) is 0 Å². The molecular weight excluding hydrogens is 286 g/mol. The van der Waals surface area contributed by atoms with E-state index < -0.39 is 10.0 Å². The summed E-state index contributed by atoms with van der Waals surface area (Å²) in [5.74, 6) is 0. The van der Waals surface area contributed by atoms with Crippen LogP contribution in [0.3, 0.4) is 0 Å². The molecule has 1 aromatic rings. The van der Waals surface area contributed by atoms with Crippen molar-refractivity contribution in [3.8, 4) is 0 Å². The average molecular weight is 313 g/mol. The molecule has 0 heterocycles. The van der Waals surface area contributed by atoms with Gasteiger partial charge in [0, 0.05) is 24.8 Å². The molecule has 1 rings (SSSR count). The maximum atomic E-state index is 12.7. The third-order valence-electron chi connectivity index (χ3n) is 3.59. The maximum absolute atomic E-state index is 12.7. The molecule has 0 radical (unpaired) electrons. The van der Waals surface area contributed by atoms with Crippen LogP contribution in [0.5, 0.6) is 0 Å². The Morgan fingerprint density at radius 1 is 1.05 bits per heavy atom. The normalized spacial score (nSPS) is 12.5. The van der Waals surface area contributed by atoms with Crippen LogP contribution < -0.4 is 5.73 Å². The van der Waals surface area contributed by atoms with E-state index >= 15 is 0 Å². The molecule has 6 heteroatoms. The molecule has 0 saturated heterocycles. The fourth-order valence-electron chi connectivity index (χ4n) is 2.21. The van der Waals surface area contributed by atoms with Gasteiger partial charge in [-0.25, -0.2) is 8.42 Å². The largest absolute Gasteiger partial charge is 0.399 e. The number of likely N-dealkylation sites (N-methyl/N-ethyl adjacent to an activating group) is 1. The Morgan fingerprint density at radius 3 is 2.00 bits per heavy atom. The first-order chi connectivity index (χ1) is 9.82. The number of rotatable bonds is 8. The molecule has 0 unspecified atom stereocenters. The van der Waals surface area contributed by atoms with Crippen molar-refractivity contribution in [2.45, 2.75) is 38.6 Å². The highest BCUT2D eigenvalue weighted by molar-refractivity contribution is 7.89. The number of nitrogen functional groups attached to an aromatic ring is 1. The van der Waals surface area contributed by atoms with Gasteiger partial charge in [-0.05, 0) is 51.2 Å². The van der Waals surface area contributed by atoms with Gasteiger partial charge in [0.25, 0.3) is 0 Å². The van der Waals surface area contributed by atoms with Crippen LogP contribution >= 0.6 is 0 Å². The smallest absolute Gasteiger partial charge is 0.243 e. The lowest BCUT2D eigenvalue weighted by atomic mass is 10.3. The molecule has 0 amide bonds. The van der Waals surface area contributed by atoms with Gasteiger partial charge >= 0.3 is 0 Å². The Bertz CT molecular complexity index is 522. The van der Waals surface area contributed by atoms with E-state index in [0.29, 0.717) is 17.1 Å². The van der Waals surface area contributed by atoms with Gasteiger partial charge in [0.2, 0.25) is 10.0 Å². The van der Waals surface area contributed by atoms with E-state index in [0.717, 1.165) is 19.6 Å². The summed E-state index contributed by atoms with van der Waals surface area (Å²) < 4.78 is 27.0. The van der Waals surface area contributed by atoms with E-state index in [4.69, 9.17) is 5.73 Å². The first-order valence-electron chi connectivity index (χ1n) is 7.42. The molecule has 21 heavy (non-hydrogen) atoms. The van der Waals surface area contributed by atoms with E-state index in [1.54, 1.807) is 28.6 Å². The Labute approximate surface area is 128 Å². The van der Waals surface area contributed by atoms with Crippen LogP contribution in [-0.2, 0) is 10.0 Å². The van der Waals surface area contributed by atoms with Crippen LogP contribution in [0.1, 0.15) is 27.7 Å². The number of sulfonamides is 1. The van der Waals surface area contributed by atoms with Crippen molar-refractivity contribution in [1.82, 2.24) is 9.21 Å². The molecule has 0 aliphatic rings. The number of nitrogens with zero attached hydrogens (tertiary/aromatic N) is 2. The molecule has 0 atom stereocenters. The van der Waals surface area contributed by atoms with Gasteiger partial charge in [-0.3, -0.25) is 0 Å². The van der Waals surface area contributed by atoms with Crippen molar-refractivity contribution < 1.29 is 8.42 Å². The van der Waals surface area contributed by atoms with Gasteiger partial charge in [-0.2, -0.15) is 4.31 Å². The highest BCUT2D eigenvalue weighted by atomic mass is 32.2. The SMILES string of the molecule is CCN(CC)CCN(C(C)C)S(=O)(=O)c1ccc(N)cc1. The molecule has 0 saturated carbocycles. The molecular formula is C15H27N3O2S. The quantitative estimate of drug-likeness (QED) is 0.746. The fourth-order valence-corrected chi connectivity index (χ4v) is 3.84. The van der Waals surface area contributed by atoms with E-state index in [2.05, 4.69) is 18.7 Å². The molecule has 0 aliphatic carbocycles. The molecule has 0 bridgehead atoms. The number of hydrogen-bond donors (Lipinski definition) is 1. The summed E-state index contributed by atoms with van der Waals surface area (Å²) >= 11 is 0. The predicted molar refractivity (Wildman–Crippen MR) is 87.7 cm³/mol. The van der Waals surface area contributed by atoms with Gasteiger partial charge in [0.15, 0.2) is 0 Å². The van der Waals surface area contributed by atoms with Crippen molar-refractivity contribution in [1.29, 1.82) is 0 Å². The van der Waals surface area contributed by atoms with E-state index in [9.17, 15) is 8.42 Å².